The van der Waals surface area contributed by atoms with Gasteiger partial charge in [0.1, 0.15) is 0 Å². The van der Waals surface area contributed by atoms with Gasteiger partial charge in [0.15, 0.2) is 5.03 Å². The van der Waals surface area contributed by atoms with E-state index in [4.69, 9.17) is 4.74 Å². The number of H-pyrrole nitrogens is 1. The van der Waals surface area contributed by atoms with E-state index in [1.807, 2.05) is 0 Å². The first-order valence-electron chi connectivity index (χ1n) is 5.57. The van der Waals surface area contributed by atoms with Gasteiger partial charge in [0.2, 0.25) is 0 Å². The molecule has 0 bridgehead atoms. The summed E-state index contributed by atoms with van der Waals surface area (Å²) >= 11 is 0. The number of hydrogen-bond acceptors (Lipinski definition) is 6. The second kappa shape index (κ2) is 7.22. The molecule has 0 aliphatic heterocycles. The summed E-state index contributed by atoms with van der Waals surface area (Å²) in [5.41, 5.74) is 0. The van der Waals surface area contributed by atoms with Crippen molar-refractivity contribution in [1.82, 2.24) is 14.5 Å². The number of carbonyl (C=O) groups is 1. The van der Waals surface area contributed by atoms with Crippen molar-refractivity contribution in [2.24, 2.45) is 0 Å². The van der Waals surface area contributed by atoms with E-state index in [-0.39, 0.29) is 31.1 Å². The summed E-state index contributed by atoms with van der Waals surface area (Å²) in [5.74, 6) is -0.470. The molecule has 0 amide bonds. The Kier molecular flexibility index (Phi) is 5.93. The average molecular weight is 291 g/mol. The number of nitrogens with zero attached hydrogens (tertiary/aromatic N) is 2. The van der Waals surface area contributed by atoms with Crippen molar-refractivity contribution in [3.05, 3.63) is 12.3 Å². The largest absolute Gasteiger partial charge is 0.469 e. The fraction of sp³-hybridized carbons (Fsp3) is 0.600. The van der Waals surface area contributed by atoms with Crippen molar-refractivity contribution < 1.29 is 22.7 Å². The van der Waals surface area contributed by atoms with Crippen LogP contribution in [0, 0.1) is 0 Å². The highest BCUT2D eigenvalue weighted by Crippen LogP contribution is 2.12. The predicted molar refractivity (Wildman–Crippen MR) is 65.9 cm³/mol. The fourth-order valence-electron chi connectivity index (χ4n) is 1.39. The van der Waals surface area contributed by atoms with Gasteiger partial charge in [-0.2, -0.15) is 9.40 Å². The molecule has 0 aliphatic carbocycles. The van der Waals surface area contributed by atoms with Gasteiger partial charge in [0.25, 0.3) is 10.0 Å². The molecule has 0 aliphatic rings. The first-order chi connectivity index (χ1) is 9.02. The maximum atomic E-state index is 12.2. The van der Waals surface area contributed by atoms with Gasteiger partial charge in [-0.05, 0) is 6.07 Å². The Labute approximate surface area is 111 Å². The standard InChI is InChI=1S/C10H17N3O5S/c1-17-8-7-13(6-4-10(14)18-2)19(15,16)9-3-5-11-12-9/h3,5H,4,6-8H2,1-2H3,(H,11,12). The summed E-state index contributed by atoms with van der Waals surface area (Å²) in [6.07, 6.45) is 1.33. The molecule has 1 aromatic heterocycles. The van der Waals surface area contributed by atoms with E-state index in [0.29, 0.717) is 0 Å². The lowest BCUT2D eigenvalue weighted by Gasteiger charge is -2.20. The van der Waals surface area contributed by atoms with E-state index < -0.39 is 16.0 Å². The Bertz CT molecular complexity index is 485. The van der Waals surface area contributed by atoms with Gasteiger partial charge in [0, 0.05) is 20.2 Å². The van der Waals surface area contributed by atoms with E-state index in [9.17, 15) is 13.2 Å². The number of methoxy groups -OCH3 is 2. The lowest BCUT2D eigenvalue weighted by Crippen LogP contribution is -2.36. The van der Waals surface area contributed by atoms with Crippen LogP contribution in [0.25, 0.3) is 0 Å². The average Bonchev–Trinajstić information content (AvgIpc) is 2.92. The molecule has 1 N–H and O–H groups in total. The third-order valence-electron chi connectivity index (χ3n) is 2.43. The van der Waals surface area contributed by atoms with E-state index in [1.165, 1.54) is 26.5 Å². The van der Waals surface area contributed by atoms with Crippen LogP contribution in [0.3, 0.4) is 0 Å². The molecule has 0 unspecified atom stereocenters. The molecule has 0 saturated heterocycles. The highest BCUT2D eigenvalue weighted by atomic mass is 32.2. The molecule has 8 nitrogen and oxygen atoms in total. The first-order valence-corrected chi connectivity index (χ1v) is 7.01. The number of aromatic amines is 1. The summed E-state index contributed by atoms with van der Waals surface area (Å²) in [6.45, 7) is 0.404. The number of ether oxygens (including phenoxy) is 2. The minimum Gasteiger partial charge on any atom is -0.469 e. The van der Waals surface area contributed by atoms with Crippen molar-refractivity contribution in [2.45, 2.75) is 11.4 Å². The Balaban J connectivity index is 2.81. The van der Waals surface area contributed by atoms with Gasteiger partial charge in [-0.3, -0.25) is 9.89 Å². The van der Waals surface area contributed by atoms with Crippen LogP contribution in [0.4, 0.5) is 0 Å². The third-order valence-corrected chi connectivity index (χ3v) is 4.26. The molecule has 1 rings (SSSR count). The van der Waals surface area contributed by atoms with Crippen molar-refractivity contribution in [3.63, 3.8) is 0 Å². The maximum absolute atomic E-state index is 12.2. The van der Waals surface area contributed by atoms with Crippen molar-refractivity contribution in [1.29, 1.82) is 0 Å². The predicted octanol–water partition coefficient (Wildman–Crippen LogP) is -0.390. The molecule has 0 fully saturated rings. The van der Waals surface area contributed by atoms with Crippen LogP contribution >= 0.6 is 0 Å². The van der Waals surface area contributed by atoms with Gasteiger partial charge in [0.05, 0.1) is 26.3 Å². The number of aromatic nitrogens is 2. The lowest BCUT2D eigenvalue weighted by molar-refractivity contribution is -0.140. The zero-order chi connectivity index (χ0) is 14.3. The second-order valence-electron chi connectivity index (χ2n) is 3.64. The van der Waals surface area contributed by atoms with E-state index in [1.54, 1.807) is 0 Å². The fourth-order valence-corrected chi connectivity index (χ4v) is 2.71. The number of carbonyl (C=O) groups excluding carboxylic acids is 1. The van der Waals surface area contributed by atoms with Crippen LogP contribution in [0.5, 0.6) is 0 Å². The monoisotopic (exact) mass is 291 g/mol. The highest BCUT2D eigenvalue weighted by Gasteiger charge is 2.25. The molecule has 0 saturated carbocycles. The molecule has 0 spiro atoms. The topological polar surface area (TPSA) is 102 Å². The normalized spacial score (nSPS) is 11.7. The maximum Gasteiger partial charge on any atom is 0.306 e. The van der Waals surface area contributed by atoms with Gasteiger partial charge in [-0.1, -0.05) is 0 Å². The minimum absolute atomic E-state index is 0.0199. The van der Waals surface area contributed by atoms with E-state index in [0.717, 1.165) is 4.31 Å². The highest BCUT2D eigenvalue weighted by molar-refractivity contribution is 7.89. The molecule has 1 aromatic rings. The van der Waals surface area contributed by atoms with Gasteiger partial charge in [-0.15, -0.1) is 0 Å². The van der Waals surface area contributed by atoms with Gasteiger partial charge >= 0.3 is 5.97 Å². The van der Waals surface area contributed by atoms with Gasteiger partial charge < -0.3 is 9.47 Å². The zero-order valence-corrected chi connectivity index (χ0v) is 11.6. The van der Waals surface area contributed by atoms with Crippen LogP contribution in [0.1, 0.15) is 6.42 Å². The van der Waals surface area contributed by atoms with Crippen molar-refractivity contribution in [2.75, 3.05) is 33.9 Å². The summed E-state index contributed by atoms with van der Waals surface area (Å²) in [5, 5.41) is 5.99. The molecule has 0 atom stereocenters. The molecule has 1 heterocycles. The molecule has 0 radical (unpaired) electrons. The number of nitrogens with one attached hydrogen (secondary N) is 1. The SMILES string of the molecule is COCCN(CCC(=O)OC)S(=O)(=O)c1ccn[nH]1. The smallest absolute Gasteiger partial charge is 0.306 e. The summed E-state index contributed by atoms with van der Waals surface area (Å²) in [4.78, 5) is 11.1. The molecule has 108 valence electrons. The number of esters is 1. The zero-order valence-electron chi connectivity index (χ0n) is 10.8. The van der Waals surface area contributed by atoms with Crippen LogP contribution in [0.15, 0.2) is 17.3 Å². The lowest BCUT2D eigenvalue weighted by atomic mass is 10.4. The van der Waals surface area contributed by atoms with Crippen molar-refractivity contribution in [3.8, 4) is 0 Å². The number of hydrogen-bond donors (Lipinski definition) is 1. The van der Waals surface area contributed by atoms with Crippen molar-refractivity contribution >= 4 is 16.0 Å². The van der Waals surface area contributed by atoms with E-state index >= 15 is 0 Å². The second-order valence-corrected chi connectivity index (χ2v) is 5.55. The molecule has 0 aromatic carbocycles. The Morgan fingerprint density at radius 2 is 2.16 bits per heavy atom. The summed E-state index contributed by atoms with van der Waals surface area (Å²) in [6, 6.07) is 1.35. The first kappa shape index (κ1) is 15.6. The summed E-state index contributed by atoms with van der Waals surface area (Å²) < 4.78 is 35.0. The molecule has 9 heteroatoms. The van der Waals surface area contributed by atoms with E-state index in [2.05, 4.69) is 14.9 Å². The summed E-state index contributed by atoms with van der Waals surface area (Å²) in [7, 11) is -0.978. The Hall–Kier alpha value is -1.45. The minimum atomic E-state index is -3.71. The van der Waals surface area contributed by atoms with Gasteiger partial charge in [-0.25, -0.2) is 8.42 Å². The Morgan fingerprint density at radius 3 is 2.68 bits per heavy atom. The van der Waals surface area contributed by atoms with Crippen LogP contribution in [-0.2, 0) is 24.3 Å². The molecular formula is C10H17N3O5S. The quantitative estimate of drug-likeness (QED) is 0.654. The molecular weight excluding hydrogens is 274 g/mol. The third kappa shape index (κ3) is 4.30. The molecule has 19 heavy (non-hydrogen) atoms. The number of sulfonamides is 1. The van der Waals surface area contributed by atoms with Crippen LogP contribution < -0.4 is 0 Å². The Morgan fingerprint density at radius 1 is 1.42 bits per heavy atom. The van der Waals surface area contributed by atoms with Crippen LogP contribution in [-0.4, -0.2) is 62.8 Å². The number of rotatable bonds is 8. The van der Waals surface area contributed by atoms with Crippen LogP contribution in [0.2, 0.25) is 0 Å².